The SMILES string of the molecule is CCn1c(SCc2csc(N(C(C)=O)c3c(C)cc(C)cc3C)n2)nc2ccccc21. The topological polar surface area (TPSA) is 51.0 Å². The van der Waals surface area contributed by atoms with Crippen LogP contribution in [0.15, 0.2) is 46.9 Å². The molecular formula is C24H26N4OS2. The van der Waals surface area contributed by atoms with E-state index in [4.69, 9.17) is 9.97 Å². The molecule has 31 heavy (non-hydrogen) atoms. The third kappa shape index (κ3) is 4.25. The lowest BCUT2D eigenvalue weighted by Gasteiger charge is -2.23. The fourth-order valence-corrected chi connectivity index (χ4v) is 5.94. The molecule has 2 heterocycles. The highest BCUT2D eigenvalue weighted by atomic mass is 32.2. The standard InChI is InChI=1S/C24H26N4OS2/c1-6-27-21-10-8-7-9-20(21)26-23(27)30-13-19-14-31-24(25-19)28(18(5)29)22-16(3)11-15(2)12-17(22)4/h7-12,14H,6,13H2,1-5H3. The van der Waals surface area contributed by atoms with Crippen LogP contribution in [0.5, 0.6) is 0 Å². The van der Waals surface area contributed by atoms with Gasteiger partial charge in [0, 0.05) is 24.6 Å². The van der Waals surface area contributed by atoms with Crippen LogP contribution in [-0.4, -0.2) is 20.4 Å². The lowest BCUT2D eigenvalue weighted by Crippen LogP contribution is -2.24. The van der Waals surface area contributed by atoms with Crippen molar-refractivity contribution in [2.45, 2.75) is 52.1 Å². The summed E-state index contributed by atoms with van der Waals surface area (Å²) in [6.45, 7) is 10.8. The summed E-state index contributed by atoms with van der Waals surface area (Å²) in [5, 5.41) is 3.74. The van der Waals surface area contributed by atoms with Gasteiger partial charge < -0.3 is 4.57 Å². The summed E-state index contributed by atoms with van der Waals surface area (Å²) in [5.41, 5.74) is 7.40. The number of aryl methyl sites for hydroxylation is 4. The lowest BCUT2D eigenvalue weighted by molar-refractivity contribution is -0.115. The molecule has 2 aromatic carbocycles. The maximum absolute atomic E-state index is 12.6. The molecule has 0 saturated carbocycles. The zero-order chi connectivity index (χ0) is 22.1. The van der Waals surface area contributed by atoms with E-state index in [0.29, 0.717) is 10.9 Å². The fourth-order valence-electron chi connectivity index (χ4n) is 3.99. The molecule has 0 radical (unpaired) electrons. The highest BCUT2D eigenvalue weighted by molar-refractivity contribution is 7.98. The monoisotopic (exact) mass is 450 g/mol. The quantitative estimate of drug-likeness (QED) is 0.318. The molecule has 4 rings (SSSR count). The fraction of sp³-hybridized carbons (Fsp3) is 0.292. The third-order valence-electron chi connectivity index (χ3n) is 5.19. The average molecular weight is 451 g/mol. The van der Waals surface area contributed by atoms with Crippen LogP contribution >= 0.6 is 23.1 Å². The number of thioether (sulfide) groups is 1. The molecule has 0 aliphatic heterocycles. The molecule has 4 aromatic rings. The average Bonchev–Trinajstić information content (AvgIpc) is 3.32. The van der Waals surface area contributed by atoms with E-state index in [1.807, 2.05) is 37.4 Å². The Balaban J connectivity index is 1.60. The van der Waals surface area contributed by atoms with E-state index in [0.717, 1.165) is 45.2 Å². The molecule has 0 fully saturated rings. The van der Waals surface area contributed by atoms with Crippen molar-refractivity contribution in [2.24, 2.45) is 0 Å². The van der Waals surface area contributed by atoms with Crippen molar-refractivity contribution < 1.29 is 4.79 Å². The van der Waals surface area contributed by atoms with Gasteiger partial charge in [0.05, 0.1) is 22.4 Å². The molecule has 0 saturated heterocycles. The first-order valence-corrected chi connectivity index (χ1v) is 12.2. The van der Waals surface area contributed by atoms with E-state index in [1.165, 1.54) is 16.9 Å². The van der Waals surface area contributed by atoms with E-state index >= 15 is 0 Å². The van der Waals surface area contributed by atoms with Gasteiger partial charge in [-0.1, -0.05) is 41.6 Å². The Labute approximate surface area is 191 Å². The van der Waals surface area contributed by atoms with Crippen LogP contribution in [-0.2, 0) is 17.1 Å². The number of imidazole rings is 1. The molecule has 0 aliphatic carbocycles. The minimum absolute atomic E-state index is 0.0311. The summed E-state index contributed by atoms with van der Waals surface area (Å²) in [6.07, 6.45) is 0. The van der Waals surface area contributed by atoms with Crippen LogP contribution in [0.3, 0.4) is 0 Å². The van der Waals surface area contributed by atoms with Crippen LogP contribution in [0.2, 0.25) is 0 Å². The minimum atomic E-state index is -0.0311. The molecule has 0 unspecified atom stereocenters. The van der Waals surface area contributed by atoms with Crippen molar-refractivity contribution in [2.75, 3.05) is 4.90 Å². The Bertz CT molecular complexity index is 1230. The van der Waals surface area contributed by atoms with Gasteiger partial charge in [-0.15, -0.1) is 11.3 Å². The van der Waals surface area contributed by atoms with E-state index in [1.54, 1.807) is 23.6 Å². The van der Waals surface area contributed by atoms with Gasteiger partial charge in [0.1, 0.15) is 0 Å². The van der Waals surface area contributed by atoms with Crippen molar-refractivity contribution in [3.8, 4) is 0 Å². The lowest BCUT2D eigenvalue weighted by atomic mass is 10.0. The number of nitrogens with zero attached hydrogens (tertiary/aromatic N) is 4. The van der Waals surface area contributed by atoms with E-state index in [2.05, 4.69) is 36.6 Å². The number of rotatable bonds is 6. The van der Waals surface area contributed by atoms with Crippen molar-refractivity contribution >= 4 is 50.9 Å². The minimum Gasteiger partial charge on any atom is -0.319 e. The van der Waals surface area contributed by atoms with Crippen LogP contribution in [0.25, 0.3) is 11.0 Å². The zero-order valence-corrected chi connectivity index (χ0v) is 20.1. The molecule has 7 heteroatoms. The summed E-state index contributed by atoms with van der Waals surface area (Å²) < 4.78 is 2.23. The Morgan fingerprint density at radius 1 is 1.13 bits per heavy atom. The highest BCUT2D eigenvalue weighted by Crippen LogP contribution is 2.35. The van der Waals surface area contributed by atoms with Crippen LogP contribution < -0.4 is 4.90 Å². The van der Waals surface area contributed by atoms with E-state index in [-0.39, 0.29) is 5.91 Å². The second-order valence-corrected chi connectivity index (χ2v) is 9.42. The smallest absolute Gasteiger partial charge is 0.230 e. The van der Waals surface area contributed by atoms with Gasteiger partial charge in [0.2, 0.25) is 5.91 Å². The maximum Gasteiger partial charge on any atom is 0.230 e. The van der Waals surface area contributed by atoms with Gasteiger partial charge >= 0.3 is 0 Å². The molecule has 2 aromatic heterocycles. The number of anilines is 2. The largest absolute Gasteiger partial charge is 0.319 e. The zero-order valence-electron chi connectivity index (χ0n) is 18.5. The number of benzene rings is 2. The second kappa shape index (κ2) is 8.85. The number of para-hydroxylation sites is 2. The predicted octanol–water partition coefficient (Wildman–Crippen LogP) is 6.41. The Morgan fingerprint density at radius 2 is 1.84 bits per heavy atom. The predicted molar refractivity (Wildman–Crippen MR) is 131 cm³/mol. The molecule has 160 valence electrons. The molecular weight excluding hydrogens is 424 g/mol. The maximum atomic E-state index is 12.6. The number of amides is 1. The number of thiazole rings is 1. The van der Waals surface area contributed by atoms with Crippen LogP contribution in [0, 0.1) is 20.8 Å². The second-order valence-electron chi connectivity index (χ2n) is 7.64. The van der Waals surface area contributed by atoms with Crippen molar-refractivity contribution in [3.63, 3.8) is 0 Å². The van der Waals surface area contributed by atoms with Crippen molar-refractivity contribution in [3.05, 3.63) is 64.2 Å². The molecule has 0 spiro atoms. The van der Waals surface area contributed by atoms with Gasteiger partial charge in [-0.05, 0) is 51.0 Å². The van der Waals surface area contributed by atoms with Crippen LogP contribution in [0.1, 0.15) is 36.2 Å². The summed E-state index contributed by atoms with van der Waals surface area (Å²) in [6, 6.07) is 12.4. The number of hydrogen-bond donors (Lipinski definition) is 0. The first-order valence-electron chi connectivity index (χ1n) is 10.3. The van der Waals surface area contributed by atoms with Crippen molar-refractivity contribution in [1.29, 1.82) is 0 Å². The number of carbonyl (C=O) groups is 1. The number of aromatic nitrogens is 3. The Hall–Kier alpha value is -2.64. The highest BCUT2D eigenvalue weighted by Gasteiger charge is 2.22. The third-order valence-corrected chi connectivity index (χ3v) is 7.07. The Morgan fingerprint density at radius 3 is 2.52 bits per heavy atom. The summed E-state index contributed by atoms with van der Waals surface area (Å²) in [4.78, 5) is 23.9. The summed E-state index contributed by atoms with van der Waals surface area (Å²) in [7, 11) is 0. The number of carbonyl (C=O) groups excluding carboxylic acids is 1. The van der Waals surface area contributed by atoms with Crippen molar-refractivity contribution in [1.82, 2.24) is 14.5 Å². The molecule has 5 nitrogen and oxygen atoms in total. The Kier molecular flexibility index (Phi) is 6.16. The van der Waals surface area contributed by atoms with Gasteiger partial charge in [-0.2, -0.15) is 0 Å². The first-order chi connectivity index (χ1) is 14.9. The normalized spacial score (nSPS) is 11.3. The van der Waals surface area contributed by atoms with Gasteiger partial charge in [0.25, 0.3) is 0 Å². The molecule has 0 N–H and O–H groups in total. The summed E-state index contributed by atoms with van der Waals surface area (Å²) >= 11 is 3.19. The number of fused-ring (bicyclic) bond motifs is 1. The van der Waals surface area contributed by atoms with Gasteiger partial charge in [0.15, 0.2) is 10.3 Å². The molecule has 0 atom stereocenters. The van der Waals surface area contributed by atoms with Crippen LogP contribution in [0.4, 0.5) is 10.8 Å². The molecule has 1 amide bonds. The molecule has 0 bridgehead atoms. The summed E-state index contributed by atoms with van der Waals surface area (Å²) in [5.74, 6) is 0.675. The van der Waals surface area contributed by atoms with E-state index in [9.17, 15) is 4.79 Å². The molecule has 0 aliphatic rings. The van der Waals surface area contributed by atoms with Gasteiger partial charge in [-0.25, -0.2) is 9.97 Å². The number of hydrogen-bond acceptors (Lipinski definition) is 5. The van der Waals surface area contributed by atoms with Gasteiger partial charge in [-0.3, -0.25) is 9.69 Å². The van der Waals surface area contributed by atoms with E-state index < -0.39 is 0 Å². The first kappa shape index (κ1) is 21.6.